The molecule has 0 radical (unpaired) electrons. The van der Waals surface area contributed by atoms with E-state index in [-0.39, 0.29) is 0 Å². The van der Waals surface area contributed by atoms with Crippen LogP contribution in [0.15, 0.2) is 213 Å². The van der Waals surface area contributed by atoms with Crippen LogP contribution in [0.4, 0.5) is 0 Å². The Bertz CT molecular complexity index is 3360. The van der Waals surface area contributed by atoms with Crippen LogP contribution in [0.3, 0.4) is 0 Å². The minimum absolute atomic E-state index is 0.658. The second kappa shape index (κ2) is 14.1. The molecule has 0 aliphatic heterocycles. The summed E-state index contributed by atoms with van der Waals surface area (Å²) in [5.41, 5.74) is 6.95. The number of hydrogen-bond donors (Lipinski definition) is 0. The maximum absolute atomic E-state index is 5.31. The minimum Gasteiger partial charge on any atom is -0.264 e. The smallest absolute Gasteiger partial charge is 0.160 e. The van der Waals surface area contributed by atoms with Gasteiger partial charge in [0.05, 0.1) is 11.4 Å². The molecule has 2 heterocycles. The number of fused-ring (bicyclic) bond motifs is 11. The lowest BCUT2D eigenvalue weighted by molar-refractivity contribution is 1.18. The van der Waals surface area contributed by atoms with Crippen molar-refractivity contribution in [3.8, 4) is 45.0 Å². The van der Waals surface area contributed by atoms with Gasteiger partial charge in [-0.2, -0.15) is 0 Å². The van der Waals surface area contributed by atoms with E-state index in [4.69, 9.17) is 9.97 Å². The summed E-state index contributed by atoms with van der Waals surface area (Å²) in [5, 5.41) is 14.3. The van der Waals surface area contributed by atoms with Crippen LogP contribution in [0.1, 0.15) is 0 Å². The zero-order valence-corrected chi connectivity index (χ0v) is 31.5. The van der Waals surface area contributed by atoms with Crippen LogP contribution in [-0.2, 0) is 0 Å². The summed E-state index contributed by atoms with van der Waals surface area (Å²) >= 11 is 0. The van der Waals surface area contributed by atoms with Crippen LogP contribution in [0.25, 0.3) is 110 Å². The molecule has 0 fully saturated rings. The number of hydrogen-bond acceptors (Lipinski definition) is 3. The van der Waals surface area contributed by atoms with Crippen LogP contribution >= 0.6 is 0 Å². The van der Waals surface area contributed by atoms with Gasteiger partial charge in [-0.3, -0.25) is 4.98 Å². The fraction of sp³-hybridized carbons (Fsp3) is 0. The highest BCUT2D eigenvalue weighted by Crippen LogP contribution is 2.38. The molecule has 3 heteroatoms. The van der Waals surface area contributed by atoms with E-state index in [1.54, 1.807) is 6.20 Å². The molecule has 0 spiro atoms. The van der Waals surface area contributed by atoms with Crippen molar-refractivity contribution in [1.29, 1.82) is 0 Å². The summed E-state index contributed by atoms with van der Waals surface area (Å²) in [6, 6.07) is 71.7. The first-order chi connectivity index (χ1) is 28.8. The molecule has 58 heavy (non-hydrogen) atoms. The van der Waals surface area contributed by atoms with E-state index in [1.165, 1.54) is 59.6 Å². The predicted octanol–water partition coefficient (Wildman–Crippen LogP) is 14.6. The Morgan fingerprint density at radius 1 is 0.276 bits per heavy atom. The van der Waals surface area contributed by atoms with Gasteiger partial charge in [0.25, 0.3) is 0 Å². The van der Waals surface area contributed by atoms with Crippen molar-refractivity contribution in [2.24, 2.45) is 0 Å². The highest BCUT2D eigenvalue weighted by Gasteiger charge is 2.14. The monoisotopic (exact) mass is 737 g/mol. The van der Waals surface area contributed by atoms with Gasteiger partial charge < -0.3 is 0 Å². The van der Waals surface area contributed by atoms with Crippen molar-refractivity contribution < 1.29 is 0 Å². The molecule has 0 aliphatic carbocycles. The normalized spacial score (nSPS) is 11.4. The van der Waals surface area contributed by atoms with Crippen LogP contribution in [-0.4, -0.2) is 15.0 Å². The summed E-state index contributed by atoms with van der Waals surface area (Å²) in [7, 11) is 0. The van der Waals surface area contributed by atoms with Gasteiger partial charge in [-0.25, -0.2) is 9.97 Å². The number of nitrogens with zero attached hydrogens (tertiary/aromatic N) is 3. The third-order valence-corrected chi connectivity index (χ3v) is 11.4. The average molecular weight is 738 g/mol. The second-order valence-electron chi connectivity index (χ2n) is 14.8. The largest absolute Gasteiger partial charge is 0.264 e. The SMILES string of the molecule is c1cncc(-c2cc(-c3ccc(-c4cccc5ccccc45)cc3)nc(-c3ccc4c5ccccc5c5ccccc5c5ccccc5c5ccccc5c4c3)n2)c1. The van der Waals surface area contributed by atoms with Crippen molar-refractivity contribution in [2.45, 2.75) is 0 Å². The first-order valence-corrected chi connectivity index (χ1v) is 19.7. The maximum Gasteiger partial charge on any atom is 0.160 e. The molecular formula is C55H35N3. The van der Waals surface area contributed by atoms with Crippen LogP contribution < -0.4 is 0 Å². The van der Waals surface area contributed by atoms with Gasteiger partial charge in [0.2, 0.25) is 0 Å². The Balaban J connectivity index is 1.17. The Labute approximate surface area is 335 Å². The van der Waals surface area contributed by atoms with Gasteiger partial charge in [0, 0.05) is 29.1 Å². The Hall–Kier alpha value is -7.75. The molecule has 11 rings (SSSR count). The van der Waals surface area contributed by atoms with E-state index in [9.17, 15) is 0 Å². The number of pyridine rings is 1. The molecule has 0 N–H and O–H groups in total. The molecule has 9 aromatic carbocycles. The van der Waals surface area contributed by atoms with Crippen molar-refractivity contribution in [2.75, 3.05) is 0 Å². The Morgan fingerprint density at radius 3 is 1.28 bits per heavy atom. The molecule has 0 aliphatic rings. The van der Waals surface area contributed by atoms with E-state index < -0.39 is 0 Å². The summed E-state index contributed by atoms with van der Waals surface area (Å²) in [4.78, 5) is 15.0. The van der Waals surface area contributed by atoms with Gasteiger partial charge in [0.1, 0.15) is 0 Å². The highest BCUT2D eigenvalue weighted by atomic mass is 14.9. The van der Waals surface area contributed by atoms with Crippen molar-refractivity contribution in [3.05, 3.63) is 213 Å². The van der Waals surface area contributed by atoms with E-state index in [0.717, 1.165) is 44.2 Å². The zero-order chi connectivity index (χ0) is 38.4. The topological polar surface area (TPSA) is 38.7 Å². The Kier molecular flexibility index (Phi) is 8.15. The van der Waals surface area contributed by atoms with E-state index in [2.05, 4.69) is 199 Å². The van der Waals surface area contributed by atoms with Crippen LogP contribution in [0.2, 0.25) is 0 Å². The van der Waals surface area contributed by atoms with E-state index in [0.29, 0.717) is 5.82 Å². The van der Waals surface area contributed by atoms with Gasteiger partial charge in [-0.1, -0.05) is 176 Å². The molecule has 0 amide bonds. The summed E-state index contributed by atoms with van der Waals surface area (Å²) < 4.78 is 0. The average Bonchev–Trinajstić information content (AvgIpc) is 3.31. The molecule has 0 saturated heterocycles. The third kappa shape index (κ3) is 5.80. The fourth-order valence-electron chi connectivity index (χ4n) is 8.64. The lowest BCUT2D eigenvalue weighted by Crippen LogP contribution is -1.96. The Morgan fingerprint density at radius 2 is 0.724 bits per heavy atom. The van der Waals surface area contributed by atoms with Crippen LogP contribution in [0, 0.1) is 0 Å². The number of rotatable bonds is 4. The van der Waals surface area contributed by atoms with Crippen molar-refractivity contribution in [3.63, 3.8) is 0 Å². The predicted molar refractivity (Wildman–Crippen MR) is 244 cm³/mol. The summed E-state index contributed by atoms with van der Waals surface area (Å²) in [5.74, 6) is 0.658. The summed E-state index contributed by atoms with van der Waals surface area (Å²) in [6.07, 6.45) is 3.67. The molecule has 0 bridgehead atoms. The molecule has 0 unspecified atom stereocenters. The van der Waals surface area contributed by atoms with Gasteiger partial charge in [0.15, 0.2) is 5.82 Å². The second-order valence-corrected chi connectivity index (χ2v) is 14.8. The standard InChI is InChI=1S/C55H35N3/c1-2-16-41-36(13-1)14-11-25-42(41)37-26-28-38(29-27-37)53-34-54(40-15-12-32-56-35-40)58-55(57-53)39-30-31-51-49-23-8-7-21-47(49)45-19-4-3-17-43(45)44-18-5-6-20-46(44)48-22-9-10-24-50(48)52(51)33-39/h1-35H. The number of benzene rings is 8. The van der Waals surface area contributed by atoms with Crippen molar-refractivity contribution >= 4 is 64.6 Å². The highest BCUT2D eigenvalue weighted by molar-refractivity contribution is 6.26. The molecule has 270 valence electrons. The van der Waals surface area contributed by atoms with E-state index >= 15 is 0 Å². The van der Waals surface area contributed by atoms with Gasteiger partial charge in [-0.05, 0) is 100 Å². The van der Waals surface area contributed by atoms with Gasteiger partial charge in [-0.15, -0.1) is 0 Å². The molecule has 11 aromatic rings. The molecule has 0 saturated carbocycles. The molecule has 2 aromatic heterocycles. The molecule has 3 nitrogen and oxygen atoms in total. The minimum atomic E-state index is 0.658. The van der Waals surface area contributed by atoms with Crippen LogP contribution in [0.5, 0.6) is 0 Å². The first kappa shape index (κ1) is 33.6. The summed E-state index contributed by atoms with van der Waals surface area (Å²) in [6.45, 7) is 0. The third-order valence-electron chi connectivity index (χ3n) is 11.4. The lowest BCUT2D eigenvalue weighted by atomic mass is 9.93. The first-order valence-electron chi connectivity index (χ1n) is 19.7. The molecule has 0 atom stereocenters. The fourth-order valence-corrected chi connectivity index (χ4v) is 8.64. The molecular weight excluding hydrogens is 703 g/mol. The van der Waals surface area contributed by atoms with Crippen molar-refractivity contribution in [1.82, 2.24) is 15.0 Å². The maximum atomic E-state index is 5.31. The van der Waals surface area contributed by atoms with Gasteiger partial charge >= 0.3 is 0 Å². The quantitative estimate of drug-likeness (QED) is 0.181. The number of aromatic nitrogens is 3. The lowest BCUT2D eigenvalue weighted by Gasteiger charge is -2.12. The van der Waals surface area contributed by atoms with E-state index in [1.807, 2.05) is 12.3 Å². The zero-order valence-electron chi connectivity index (χ0n) is 31.5.